The third kappa shape index (κ3) is 3.64. The van der Waals surface area contributed by atoms with Gasteiger partial charge in [0.15, 0.2) is 11.4 Å². The molecule has 11 rings (SSSR count). The van der Waals surface area contributed by atoms with E-state index >= 15 is 0 Å². The largest absolute Gasteiger partial charge is 0.454 e. The molecule has 0 amide bonds. The van der Waals surface area contributed by atoms with Gasteiger partial charge in [-0.2, -0.15) is 0 Å². The first-order valence-corrected chi connectivity index (χ1v) is 16.5. The minimum absolute atomic E-state index is 0.811. The van der Waals surface area contributed by atoms with Crippen molar-refractivity contribution in [2.75, 3.05) is 0 Å². The van der Waals surface area contributed by atoms with E-state index in [1.165, 1.54) is 21.5 Å². The smallest absolute Gasteiger partial charge is 0.165 e. The van der Waals surface area contributed by atoms with Crippen molar-refractivity contribution in [1.82, 2.24) is 19.1 Å². The summed E-state index contributed by atoms with van der Waals surface area (Å²) in [5.41, 5.74) is 10.8. The van der Waals surface area contributed by atoms with Crippen LogP contribution in [0.4, 0.5) is 0 Å². The van der Waals surface area contributed by atoms with Crippen LogP contribution >= 0.6 is 0 Å². The first kappa shape index (κ1) is 26.4. The Morgan fingerprint density at radius 2 is 0.980 bits per heavy atom. The lowest BCUT2D eigenvalue weighted by Crippen LogP contribution is -2.03. The van der Waals surface area contributed by atoms with Crippen LogP contribution in [0.25, 0.3) is 99.3 Å². The molecular formula is C44H26N4O. The number of benzene rings is 7. The number of nitrogens with zero attached hydrogens (tertiary/aromatic N) is 4. The van der Waals surface area contributed by atoms with E-state index in [9.17, 15) is 0 Å². The molecule has 0 aliphatic carbocycles. The molecule has 0 radical (unpaired) electrons. The van der Waals surface area contributed by atoms with Gasteiger partial charge < -0.3 is 8.98 Å². The summed E-state index contributed by atoms with van der Waals surface area (Å²) in [6.45, 7) is 0. The molecule has 0 saturated carbocycles. The van der Waals surface area contributed by atoms with Crippen molar-refractivity contribution in [3.63, 3.8) is 0 Å². The normalized spacial score (nSPS) is 12.1. The highest BCUT2D eigenvalue weighted by Crippen LogP contribution is 2.44. The van der Waals surface area contributed by atoms with Gasteiger partial charge in [0.25, 0.3) is 0 Å². The van der Waals surface area contributed by atoms with Crippen molar-refractivity contribution >= 4 is 76.6 Å². The number of para-hydroxylation sites is 6. The summed E-state index contributed by atoms with van der Waals surface area (Å²) in [5, 5.41) is 6.98. The minimum atomic E-state index is 0.811. The third-order valence-corrected chi connectivity index (χ3v) is 9.91. The number of fused-ring (bicyclic) bond motifs is 11. The number of rotatable bonds is 3. The second-order valence-corrected chi connectivity index (χ2v) is 12.6. The van der Waals surface area contributed by atoms with Crippen LogP contribution < -0.4 is 0 Å². The van der Waals surface area contributed by atoms with Gasteiger partial charge in [-0.3, -0.25) is 4.57 Å². The summed E-state index contributed by atoms with van der Waals surface area (Å²) in [7, 11) is 0. The lowest BCUT2D eigenvalue weighted by molar-refractivity contribution is 0.666. The standard InChI is InChI=1S/C44H26N4O/c1-2-13-27(14-3-1)42-44(46-33-20-8-7-19-32(33)45-42)48-35-22-10-5-17-31(35)41-37(48)26-25-36-40(41)30-16-4-9-21-34(30)47(36)38-23-12-18-29-28-15-6-11-24-39(28)49-43(29)38/h1-26H. The van der Waals surface area contributed by atoms with E-state index in [1.807, 2.05) is 42.5 Å². The SMILES string of the molecule is c1ccc(-c2nc3ccccc3nc2-n2c3ccccc3c3c4c5ccccc5n(-c5cccc6c5oc5ccccc56)c4ccc32)cc1. The molecule has 0 aliphatic rings. The van der Waals surface area contributed by atoms with Crippen LogP contribution in [0.1, 0.15) is 0 Å². The summed E-state index contributed by atoms with van der Waals surface area (Å²) in [5.74, 6) is 0.811. The Morgan fingerprint density at radius 3 is 1.73 bits per heavy atom. The molecule has 5 nitrogen and oxygen atoms in total. The van der Waals surface area contributed by atoms with Crippen LogP contribution in [-0.4, -0.2) is 19.1 Å². The van der Waals surface area contributed by atoms with Crippen molar-refractivity contribution in [3.8, 4) is 22.8 Å². The topological polar surface area (TPSA) is 48.8 Å². The van der Waals surface area contributed by atoms with Crippen molar-refractivity contribution in [3.05, 3.63) is 158 Å². The fraction of sp³-hybridized carbons (Fsp3) is 0. The first-order chi connectivity index (χ1) is 24.3. The van der Waals surface area contributed by atoms with Crippen molar-refractivity contribution in [2.24, 2.45) is 0 Å². The molecule has 4 heterocycles. The van der Waals surface area contributed by atoms with Crippen LogP contribution in [0.3, 0.4) is 0 Å². The molecule has 228 valence electrons. The highest BCUT2D eigenvalue weighted by atomic mass is 16.3. The Balaban J connectivity index is 1.30. The highest BCUT2D eigenvalue weighted by molar-refractivity contribution is 6.29. The van der Waals surface area contributed by atoms with Crippen LogP contribution in [-0.2, 0) is 0 Å². The lowest BCUT2D eigenvalue weighted by Gasteiger charge is -2.14. The van der Waals surface area contributed by atoms with Gasteiger partial charge in [0.2, 0.25) is 0 Å². The Kier molecular flexibility index (Phi) is 5.32. The molecular weight excluding hydrogens is 601 g/mol. The van der Waals surface area contributed by atoms with Gasteiger partial charge in [-0.25, -0.2) is 9.97 Å². The summed E-state index contributed by atoms with van der Waals surface area (Å²) < 4.78 is 11.2. The highest BCUT2D eigenvalue weighted by Gasteiger charge is 2.24. The predicted octanol–water partition coefficient (Wildman–Crippen LogP) is 11.4. The van der Waals surface area contributed by atoms with Gasteiger partial charge in [-0.1, -0.05) is 109 Å². The third-order valence-electron chi connectivity index (χ3n) is 9.91. The second-order valence-electron chi connectivity index (χ2n) is 12.6. The maximum absolute atomic E-state index is 6.58. The summed E-state index contributed by atoms with van der Waals surface area (Å²) in [4.78, 5) is 10.5. The number of hydrogen-bond donors (Lipinski definition) is 0. The minimum Gasteiger partial charge on any atom is -0.454 e. The Bertz CT molecular complexity index is 3110. The molecule has 0 unspecified atom stereocenters. The van der Waals surface area contributed by atoms with E-state index in [0.29, 0.717) is 0 Å². The van der Waals surface area contributed by atoms with Crippen molar-refractivity contribution in [2.45, 2.75) is 0 Å². The molecule has 7 aromatic carbocycles. The van der Waals surface area contributed by atoms with E-state index in [1.54, 1.807) is 0 Å². The molecule has 11 aromatic rings. The summed E-state index contributed by atoms with van der Waals surface area (Å²) in [6.07, 6.45) is 0. The second kappa shape index (κ2) is 9.89. The molecule has 49 heavy (non-hydrogen) atoms. The van der Waals surface area contributed by atoms with E-state index in [4.69, 9.17) is 14.4 Å². The van der Waals surface area contributed by atoms with Crippen molar-refractivity contribution in [1.29, 1.82) is 0 Å². The van der Waals surface area contributed by atoms with Gasteiger partial charge in [0, 0.05) is 37.9 Å². The number of furan rings is 1. The predicted molar refractivity (Wildman–Crippen MR) is 201 cm³/mol. The molecule has 0 aliphatic heterocycles. The zero-order valence-electron chi connectivity index (χ0n) is 26.2. The van der Waals surface area contributed by atoms with Gasteiger partial charge >= 0.3 is 0 Å². The quantitative estimate of drug-likeness (QED) is 0.196. The molecule has 0 N–H and O–H groups in total. The first-order valence-electron chi connectivity index (χ1n) is 16.5. The van der Waals surface area contributed by atoms with Gasteiger partial charge in [0.05, 0.1) is 38.8 Å². The van der Waals surface area contributed by atoms with E-state index in [2.05, 4.69) is 124 Å². The van der Waals surface area contributed by atoms with Crippen LogP contribution in [0.5, 0.6) is 0 Å². The maximum atomic E-state index is 6.58. The number of aromatic nitrogens is 4. The molecule has 0 bridgehead atoms. The van der Waals surface area contributed by atoms with Crippen molar-refractivity contribution < 1.29 is 4.42 Å². The van der Waals surface area contributed by atoms with Gasteiger partial charge in [0.1, 0.15) is 11.3 Å². The summed E-state index contributed by atoms with van der Waals surface area (Å²) in [6, 6.07) is 55.1. The fourth-order valence-corrected chi connectivity index (χ4v) is 7.85. The Morgan fingerprint density at radius 1 is 0.408 bits per heavy atom. The Labute approximate surface area is 279 Å². The van der Waals surface area contributed by atoms with E-state index in [-0.39, 0.29) is 0 Å². The molecule has 0 spiro atoms. The molecule has 4 aromatic heterocycles. The lowest BCUT2D eigenvalue weighted by atomic mass is 10.1. The molecule has 0 saturated heterocycles. The molecule has 0 fully saturated rings. The fourth-order valence-electron chi connectivity index (χ4n) is 7.85. The monoisotopic (exact) mass is 626 g/mol. The number of hydrogen-bond acceptors (Lipinski definition) is 3. The van der Waals surface area contributed by atoms with Gasteiger partial charge in [-0.05, 0) is 48.5 Å². The molecule has 5 heteroatoms. The molecule has 0 atom stereocenters. The Hall–Kier alpha value is -6.72. The van der Waals surface area contributed by atoms with E-state index in [0.717, 1.165) is 77.8 Å². The summed E-state index contributed by atoms with van der Waals surface area (Å²) >= 11 is 0. The maximum Gasteiger partial charge on any atom is 0.165 e. The van der Waals surface area contributed by atoms with E-state index < -0.39 is 0 Å². The zero-order valence-corrected chi connectivity index (χ0v) is 26.2. The van der Waals surface area contributed by atoms with Crippen LogP contribution in [0.2, 0.25) is 0 Å². The zero-order chi connectivity index (χ0) is 32.1. The average Bonchev–Trinajstić information content (AvgIpc) is 3.82. The average molecular weight is 627 g/mol. The van der Waals surface area contributed by atoms with Crippen LogP contribution in [0.15, 0.2) is 162 Å². The van der Waals surface area contributed by atoms with Crippen LogP contribution in [0, 0.1) is 0 Å². The van der Waals surface area contributed by atoms with Gasteiger partial charge in [-0.15, -0.1) is 0 Å².